The number of halogens is 2. The van der Waals surface area contributed by atoms with Gasteiger partial charge in [-0.3, -0.25) is 4.99 Å². The topological polar surface area (TPSA) is 70.6 Å². The van der Waals surface area contributed by atoms with Crippen LogP contribution < -0.4 is 11.1 Å². The molecule has 0 amide bonds. The number of hydrogen-bond acceptors (Lipinski definition) is 2. The van der Waals surface area contributed by atoms with Gasteiger partial charge in [0.25, 0.3) is 0 Å². The second kappa shape index (κ2) is 9.46. The zero-order valence-electron chi connectivity index (χ0n) is 12.9. The zero-order valence-corrected chi connectivity index (χ0v) is 15.2. The van der Waals surface area contributed by atoms with Gasteiger partial charge in [-0.1, -0.05) is 31.2 Å². The third-order valence-corrected chi connectivity index (χ3v) is 3.32. The van der Waals surface area contributed by atoms with Crippen LogP contribution in [-0.4, -0.2) is 17.6 Å². The number of benzene rings is 2. The lowest BCUT2D eigenvalue weighted by Gasteiger charge is -2.10. The van der Waals surface area contributed by atoms with Gasteiger partial charge in [0.1, 0.15) is 5.82 Å². The van der Waals surface area contributed by atoms with Gasteiger partial charge in [-0.2, -0.15) is 0 Å². The van der Waals surface area contributed by atoms with Crippen molar-refractivity contribution in [3.8, 4) is 0 Å². The summed E-state index contributed by atoms with van der Waals surface area (Å²) in [4.78, 5) is 4.10. The van der Waals surface area contributed by atoms with E-state index in [9.17, 15) is 9.50 Å². The molecule has 2 aromatic rings. The number of aliphatic imine (C=N–C) groups is 1. The van der Waals surface area contributed by atoms with Gasteiger partial charge in [-0.15, -0.1) is 24.0 Å². The van der Waals surface area contributed by atoms with Crippen molar-refractivity contribution in [3.05, 3.63) is 65.5 Å². The molecule has 2 aromatic carbocycles. The Morgan fingerprint density at radius 1 is 1.17 bits per heavy atom. The maximum Gasteiger partial charge on any atom is 0.193 e. The minimum Gasteiger partial charge on any atom is -0.386 e. The van der Waals surface area contributed by atoms with Crippen LogP contribution in [0.3, 0.4) is 0 Å². The Morgan fingerprint density at radius 3 is 2.35 bits per heavy atom. The highest BCUT2D eigenvalue weighted by atomic mass is 127. The molecule has 1 atom stereocenters. The van der Waals surface area contributed by atoms with E-state index in [1.54, 1.807) is 0 Å². The zero-order chi connectivity index (χ0) is 15.9. The number of aliphatic hydroxyl groups excluding tert-OH is 1. The SMILES string of the molecule is CCc1ccc(NC(N)=NCC(O)c2ccc(F)cc2)cc1.I. The number of guanidine groups is 1. The number of hydrogen-bond donors (Lipinski definition) is 3. The lowest BCUT2D eigenvalue weighted by atomic mass is 10.1. The molecule has 4 nitrogen and oxygen atoms in total. The summed E-state index contributed by atoms with van der Waals surface area (Å²) in [7, 11) is 0. The molecule has 124 valence electrons. The summed E-state index contributed by atoms with van der Waals surface area (Å²) >= 11 is 0. The maximum absolute atomic E-state index is 12.8. The fraction of sp³-hybridized carbons (Fsp3) is 0.235. The fourth-order valence-electron chi connectivity index (χ4n) is 1.99. The van der Waals surface area contributed by atoms with E-state index in [1.807, 2.05) is 24.3 Å². The smallest absolute Gasteiger partial charge is 0.193 e. The van der Waals surface area contributed by atoms with Crippen molar-refractivity contribution in [1.29, 1.82) is 0 Å². The summed E-state index contributed by atoms with van der Waals surface area (Å²) in [5.41, 5.74) is 8.48. The highest BCUT2D eigenvalue weighted by Crippen LogP contribution is 2.14. The number of aliphatic hydroxyl groups is 1. The molecule has 0 heterocycles. The van der Waals surface area contributed by atoms with Crippen molar-refractivity contribution in [1.82, 2.24) is 0 Å². The molecular formula is C17H21FIN3O. The van der Waals surface area contributed by atoms with Crippen LogP contribution in [0.1, 0.15) is 24.2 Å². The van der Waals surface area contributed by atoms with Gasteiger partial charge < -0.3 is 16.2 Å². The summed E-state index contributed by atoms with van der Waals surface area (Å²) < 4.78 is 12.8. The number of aryl methyl sites for hydroxylation is 1. The molecule has 0 saturated heterocycles. The quantitative estimate of drug-likeness (QED) is 0.387. The summed E-state index contributed by atoms with van der Waals surface area (Å²) in [5, 5.41) is 12.9. The number of nitrogens with two attached hydrogens (primary N) is 1. The minimum atomic E-state index is -0.816. The van der Waals surface area contributed by atoms with Crippen LogP contribution in [0.15, 0.2) is 53.5 Å². The highest BCUT2D eigenvalue weighted by Gasteiger charge is 2.07. The van der Waals surface area contributed by atoms with Gasteiger partial charge in [0.2, 0.25) is 0 Å². The van der Waals surface area contributed by atoms with Crippen LogP contribution in [-0.2, 0) is 6.42 Å². The average Bonchev–Trinajstić information content (AvgIpc) is 2.54. The third kappa shape index (κ3) is 6.15. The maximum atomic E-state index is 12.8. The third-order valence-electron chi connectivity index (χ3n) is 3.32. The van der Waals surface area contributed by atoms with Crippen LogP contribution in [0.4, 0.5) is 10.1 Å². The van der Waals surface area contributed by atoms with Gasteiger partial charge in [0.15, 0.2) is 5.96 Å². The molecule has 0 aromatic heterocycles. The Balaban J connectivity index is 0.00000264. The normalized spacial score (nSPS) is 12.4. The minimum absolute atomic E-state index is 0. The van der Waals surface area contributed by atoms with E-state index in [4.69, 9.17) is 5.73 Å². The van der Waals surface area contributed by atoms with E-state index in [0.717, 1.165) is 12.1 Å². The van der Waals surface area contributed by atoms with E-state index in [0.29, 0.717) is 5.56 Å². The van der Waals surface area contributed by atoms with E-state index in [-0.39, 0.29) is 42.3 Å². The second-order valence-electron chi connectivity index (χ2n) is 4.97. The van der Waals surface area contributed by atoms with Crippen LogP contribution in [0.2, 0.25) is 0 Å². The molecule has 2 rings (SSSR count). The van der Waals surface area contributed by atoms with Crippen molar-refractivity contribution < 1.29 is 9.50 Å². The summed E-state index contributed by atoms with van der Waals surface area (Å²) in [5.74, 6) is -0.110. The lowest BCUT2D eigenvalue weighted by Crippen LogP contribution is -2.23. The summed E-state index contributed by atoms with van der Waals surface area (Å²) in [6.07, 6.45) is 0.164. The van der Waals surface area contributed by atoms with Crippen molar-refractivity contribution in [2.45, 2.75) is 19.4 Å². The van der Waals surface area contributed by atoms with Gasteiger partial charge >= 0.3 is 0 Å². The Labute approximate surface area is 152 Å². The molecule has 0 bridgehead atoms. The first-order chi connectivity index (χ1) is 10.6. The Hall–Kier alpha value is -1.67. The predicted molar refractivity (Wildman–Crippen MR) is 103 cm³/mol. The molecule has 0 radical (unpaired) electrons. The average molecular weight is 429 g/mol. The van der Waals surface area contributed by atoms with E-state index >= 15 is 0 Å². The van der Waals surface area contributed by atoms with Crippen molar-refractivity contribution in [3.63, 3.8) is 0 Å². The molecule has 0 aliphatic carbocycles. The monoisotopic (exact) mass is 429 g/mol. The summed E-state index contributed by atoms with van der Waals surface area (Å²) in [6, 6.07) is 13.6. The van der Waals surface area contributed by atoms with E-state index in [2.05, 4.69) is 17.2 Å². The molecule has 6 heteroatoms. The van der Waals surface area contributed by atoms with E-state index in [1.165, 1.54) is 29.8 Å². The van der Waals surface area contributed by atoms with Crippen LogP contribution in [0, 0.1) is 5.82 Å². The Morgan fingerprint density at radius 2 is 1.78 bits per heavy atom. The van der Waals surface area contributed by atoms with E-state index < -0.39 is 6.10 Å². The van der Waals surface area contributed by atoms with Crippen molar-refractivity contribution >= 4 is 35.6 Å². The largest absolute Gasteiger partial charge is 0.386 e. The fourth-order valence-corrected chi connectivity index (χ4v) is 1.99. The first kappa shape index (κ1) is 19.4. The van der Waals surface area contributed by atoms with Crippen molar-refractivity contribution in [2.24, 2.45) is 10.7 Å². The molecular weight excluding hydrogens is 408 g/mol. The second-order valence-corrected chi connectivity index (χ2v) is 4.97. The molecule has 0 fully saturated rings. The number of anilines is 1. The van der Waals surface area contributed by atoms with Crippen molar-refractivity contribution in [2.75, 3.05) is 11.9 Å². The molecule has 0 saturated carbocycles. The molecule has 0 aliphatic heterocycles. The van der Waals surface area contributed by atoms with Crippen LogP contribution >= 0.6 is 24.0 Å². The van der Waals surface area contributed by atoms with Crippen LogP contribution in [0.25, 0.3) is 0 Å². The standard InChI is InChI=1S/C17H20FN3O.HI/c1-2-12-3-9-15(10-4-12)21-17(19)20-11-16(22)13-5-7-14(18)8-6-13;/h3-10,16,22H,2,11H2,1H3,(H3,19,20,21);1H. The molecule has 1 unspecified atom stereocenters. The number of nitrogens with zero attached hydrogens (tertiary/aromatic N) is 1. The molecule has 0 spiro atoms. The molecule has 0 aliphatic rings. The summed E-state index contributed by atoms with van der Waals surface area (Å²) in [6.45, 7) is 2.20. The molecule has 23 heavy (non-hydrogen) atoms. The van der Waals surface area contributed by atoms with Gasteiger partial charge in [-0.05, 0) is 41.8 Å². The first-order valence-corrected chi connectivity index (χ1v) is 7.18. The van der Waals surface area contributed by atoms with Gasteiger partial charge in [0, 0.05) is 5.69 Å². The highest BCUT2D eigenvalue weighted by molar-refractivity contribution is 14.0. The van der Waals surface area contributed by atoms with Gasteiger partial charge in [-0.25, -0.2) is 4.39 Å². The Kier molecular flexibility index (Phi) is 7.97. The van der Waals surface area contributed by atoms with Gasteiger partial charge in [0.05, 0.1) is 12.6 Å². The number of rotatable bonds is 5. The van der Waals surface area contributed by atoms with Crippen LogP contribution in [0.5, 0.6) is 0 Å². The number of nitrogens with one attached hydrogen (secondary N) is 1. The predicted octanol–water partition coefficient (Wildman–Crippen LogP) is 3.47. The lowest BCUT2D eigenvalue weighted by molar-refractivity contribution is 0.187. The first-order valence-electron chi connectivity index (χ1n) is 7.18. The Bertz CT molecular complexity index is 629. The molecule has 4 N–H and O–H groups in total.